The van der Waals surface area contributed by atoms with E-state index in [1.807, 2.05) is 0 Å². The number of thiophene rings is 1. The van der Waals surface area contributed by atoms with E-state index in [4.69, 9.17) is 4.42 Å². The van der Waals surface area contributed by atoms with Gasteiger partial charge in [-0.1, -0.05) is 0 Å². The van der Waals surface area contributed by atoms with Crippen LogP contribution in [0.25, 0.3) is 0 Å². The topological polar surface area (TPSA) is 89.4 Å². The highest BCUT2D eigenvalue weighted by molar-refractivity contribution is 8.01. The Bertz CT molecular complexity index is 521. The highest BCUT2D eigenvalue weighted by atomic mass is 32.2. The highest BCUT2D eigenvalue weighted by Crippen LogP contribution is 2.42. The lowest BCUT2D eigenvalue weighted by Crippen LogP contribution is -1.87. The summed E-state index contributed by atoms with van der Waals surface area (Å²) in [6, 6.07) is 1.38. The number of oxazole rings is 1. The standard InChI is InChI=1S/C9H8N2O4S2/c1-5(12)7-4-6(11(13)14)8(16-7)17-9-10-2-3-15-9/h2-5,12H,1H3/t5-/m1/s1. The Hall–Kier alpha value is -1.38. The largest absolute Gasteiger partial charge is 0.440 e. The van der Waals surface area contributed by atoms with Crippen molar-refractivity contribution in [1.82, 2.24) is 4.98 Å². The van der Waals surface area contributed by atoms with Gasteiger partial charge in [0.15, 0.2) is 0 Å². The van der Waals surface area contributed by atoms with Crippen molar-refractivity contribution < 1.29 is 14.4 Å². The summed E-state index contributed by atoms with van der Waals surface area (Å²) in [6.07, 6.45) is 2.15. The second-order valence-electron chi connectivity index (χ2n) is 3.15. The van der Waals surface area contributed by atoms with Crippen molar-refractivity contribution in [3.8, 4) is 0 Å². The molecule has 8 heteroatoms. The highest BCUT2D eigenvalue weighted by Gasteiger charge is 2.22. The Morgan fingerprint density at radius 3 is 3.00 bits per heavy atom. The van der Waals surface area contributed by atoms with Crippen molar-refractivity contribution in [2.24, 2.45) is 0 Å². The minimum atomic E-state index is -0.724. The molecule has 0 unspecified atom stereocenters. The predicted molar refractivity (Wildman–Crippen MR) is 62.2 cm³/mol. The summed E-state index contributed by atoms with van der Waals surface area (Å²) in [5.41, 5.74) is -0.0332. The van der Waals surface area contributed by atoms with Crippen LogP contribution < -0.4 is 0 Å². The van der Waals surface area contributed by atoms with E-state index >= 15 is 0 Å². The molecule has 0 aromatic carbocycles. The molecule has 0 aliphatic rings. The molecule has 2 aromatic rings. The van der Waals surface area contributed by atoms with Crippen LogP contribution in [0.3, 0.4) is 0 Å². The monoisotopic (exact) mass is 272 g/mol. The van der Waals surface area contributed by atoms with Gasteiger partial charge in [-0.25, -0.2) is 4.98 Å². The lowest BCUT2D eigenvalue weighted by Gasteiger charge is -1.95. The predicted octanol–water partition coefficient (Wildman–Crippen LogP) is 2.85. The van der Waals surface area contributed by atoms with E-state index in [2.05, 4.69) is 4.98 Å². The normalized spacial score (nSPS) is 12.6. The van der Waals surface area contributed by atoms with Gasteiger partial charge in [-0.15, -0.1) is 11.3 Å². The Morgan fingerprint density at radius 2 is 2.47 bits per heavy atom. The molecule has 0 radical (unpaired) electrons. The van der Waals surface area contributed by atoms with Crippen LogP contribution in [-0.2, 0) is 0 Å². The van der Waals surface area contributed by atoms with Gasteiger partial charge in [-0.2, -0.15) is 0 Å². The zero-order chi connectivity index (χ0) is 12.4. The van der Waals surface area contributed by atoms with Gasteiger partial charge in [0.25, 0.3) is 10.9 Å². The van der Waals surface area contributed by atoms with Gasteiger partial charge in [-0.05, 0) is 18.7 Å². The quantitative estimate of drug-likeness (QED) is 0.680. The molecular weight excluding hydrogens is 264 g/mol. The lowest BCUT2D eigenvalue weighted by atomic mass is 10.3. The maximum absolute atomic E-state index is 10.9. The third-order valence-corrected chi connectivity index (χ3v) is 4.26. The minimum absolute atomic E-state index is 0.0332. The number of nitrogens with zero attached hydrogens (tertiary/aromatic N) is 2. The third kappa shape index (κ3) is 2.65. The molecule has 0 fully saturated rings. The maximum Gasteiger partial charge on any atom is 0.294 e. The van der Waals surface area contributed by atoms with Crippen molar-refractivity contribution in [3.05, 3.63) is 33.5 Å². The third-order valence-electron chi connectivity index (χ3n) is 1.90. The van der Waals surface area contributed by atoms with Gasteiger partial charge >= 0.3 is 0 Å². The van der Waals surface area contributed by atoms with E-state index in [0.717, 1.165) is 11.8 Å². The molecule has 1 N–H and O–H groups in total. The summed E-state index contributed by atoms with van der Waals surface area (Å²) >= 11 is 2.24. The summed E-state index contributed by atoms with van der Waals surface area (Å²) in [5, 5.41) is 20.6. The molecule has 1 atom stereocenters. The fourth-order valence-corrected chi connectivity index (χ4v) is 3.21. The van der Waals surface area contributed by atoms with Crippen molar-refractivity contribution in [2.45, 2.75) is 22.5 Å². The molecule has 0 saturated carbocycles. The fraction of sp³-hybridized carbons (Fsp3) is 0.222. The van der Waals surface area contributed by atoms with Crippen molar-refractivity contribution >= 4 is 28.8 Å². The Balaban J connectivity index is 2.34. The van der Waals surface area contributed by atoms with Crippen LogP contribution in [0.2, 0.25) is 0 Å². The molecule has 0 saturated heterocycles. The first-order valence-electron chi connectivity index (χ1n) is 4.61. The lowest BCUT2D eigenvalue weighted by molar-refractivity contribution is -0.387. The molecule has 0 aliphatic heterocycles. The van der Waals surface area contributed by atoms with Crippen LogP contribution in [-0.4, -0.2) is 15.0 Å². The number of hydrogen-bond acceptors (Lipinski definition) is 7. The summed E-state index contributed by atoms with van der Waals surface area (Å²) in [6.45, 7) is 1.56. The Morgan fingerprint density at radius 1 is 1.71 bits per heavy atom. The molecule has 2 rings (SSSR count). The van der Waals surface area contributed by atoms with E-state index < -0.39 is 11.0 Å². The molecule has 0 amide bonds. The average molecular weight is 272 g/mol. The van der Waals surface area contributed by atoms with Gasteiger partial charge < -0.3 is 9.52 Å². The zero-order valence-corrected chi connectivity index (χ0v) is 10.3. The summed E-state index contributed by atoms with van der Waals surface area (Å²) in [7, 11) is 0. The van der Waals surface area contributed by atoms with E-state index in [1.165, 1.54) is 29.9 Å². The van der Waals surface area contributed by atoms with Crippen LogP contribution in [0.4, 0.5) is 5.69 Å². The minimum Gasteiger partial charge on any atom is -0.440 e. The van der Waals surface area contributed by atoms with E-state index in [9.17, 15) is 15.2 Å². The maximum atomic E-state index is 10.9. The molecule has 0 aliphatic carbocycles. The first kappa shape index (κ1) is 12.1. The van der Waals surface area contributed by atoms with Crippen LogP contribution in [0.5, 0.6) is 0 Å². The van der Waals surface area contributed by atoms with Gasteiger partial charge in [0.1, 0.15) is 10.5 Å². The zero-order valence-electron chi connectivity index (χ0n) is 8.69. The van der Waals surface area contributed by atoms with Gasteiger partial charge in [0.2, 0.25) is 0 Å². The molecule has 0 spiro atoms. The summed E-state index contributed by atoms with van der Waals surface area (Å²) in [4.78, 5) is 14.8. The van der Waals surface area contributed by atoms with Crippen LogP contribution in [0.15, 0.2) is 32.4 Å². The van der Waals surface area contributed by atoms with E-state index in [1.54, 1.807) is 6.92 Å². The van der Waals surface area contributed by atoms with Crippen molar-refractivity contribution in [2.75, 3.05) is 0 Å². The number of hydrogen-bond donors (Lipinski definition) is 1. The molecule has 17 heavy (non-hydrogen) atoms. The number of rotatable bonds is 4. The second-order valence-corrected chi connectivity index (χ2v) is 5.46. The number of aliphatic hydroxyl groups is 1. The molecule has 2 aromatic heterocycles. The van der Waals surface area contributed by atoms with Gasteiger partial charge in [0, 0.05) is 10.9 Å². The molecule has 0 bridgehead atoms. The first-order chi connectivity index (χ1) is 8.08. The number of aromatic nitrogens is 1. The fourth-order valence-electron chi connectivity index (χ4n) is 1.13. The Labute approximate surface area is 104 Å². The van der Waals surface area contributed by atoms with Gasteiger partial charge in [-0.3, -0.25) is 10.1 Å². The molecule has 6 nitrogen and oxygen atoms in total. The van der Waals surface area contributed by atoms with Crippen LogP contribution in [0.1, 0.15) is 17.9 Å². The smallest absolute Gasteiger partial charge is 0.294 e. The van der Waals surface area contributed by atoms with Crippen LogP contribution >= 0.6 is 23.1 Å². The summed E-state index contributed by atoms with van der Waals surface area (Å²) < 4.78 is 5.47. The molecule has 2 heterocycles. The molecular formula is C9H8N2O4S2. The van der Waals surface area contributed by atoms with E-state index in [-0.39, 0.29) is 5.69 Å². The van der Waals surface area contributed by atoms with Crippen LogP contribution in [0, 0.1) is 10.1 Å². The second kappa shape index (κ2) is 4.86. The molecule has 90 valence electrons. The van der Waals surface area contributed by atoms with Crippen molar-refractivity contribution in [3.63, 3.8) is 0 Å². The number of nitro groups is 1. The first-order valence-corrected chi connectivity index (χ1v) is 6.24. The van der Waals surface area contributed by atoms with Crippen molar-refractivity contribution in [1.29, 1.82) is 0 Å². The number of aliphatic hydroxyl groups excluding tert-OH is 1. The van der Waals surface area contributed by atoms with E-state index in [0.29, 0.717) is 14.3 Å². The average Bonchev–Trinajstić information content (AvgIpc) is 2.87. The SMILES string of the molecule is C[C@@H](O)c1cc([N+](=O)[O-])c(Sc2ncco2)s1. The Kier molecular flexibility index (Phi) is 3.46. The summed E-state index contributed by atoms with van der Waals surface area (Å²) in [5.74, 6) is 0. The van der Waals surface area contributed by atoms with Gasteiger partial charge in [0.05, 0.1) is 17.2 Å².